The quantitative estimate of drug-likeness (QED) is 0.608. The molecule has 0 saturated carbocycles. The number of ether oxygens (including phenoxy) is 1. The van der Waals surface area contributed by atoms with Crippen molar-refractivity contribution in [2.45, 2.75) is 33.3 Å². The molecule has 1 amide bonds. The minimum Gasteiger partial charge on any atom is -0.481 e. The number of Topliss-reactive ketones (excluding diaryl/α,β-unsaturated/α-hetero) is 1. The van der Waals surface area contributed by atoms with Gasteiger partial charge in [0.1, 0.15) is 11.4 Å². The SMILES string of the molecule is CCC(=O)c1ccc(O[C@H](C)C(=O)Nc2c(C)n(C)n(-c3ccccc3)c2=O)cc1. The van der Waals surface area contributed by atoms with Crippen molar-refractivity contribution >= 4 is 17.4 Å². The molecule has 0 saturated heterocycles. The number of hydrogen-bond donors (Lipinski definition) is 1. The average Bonchev–Trinajstić information content (AvgIpc) is 2.97. The molecule has 7 nitrogen and oxygen atoms in total. The highest BCUT2D eigenvalue weighted by Crippen LogP contribution is 2.17. The van der Waals surface area contributed by atoms with Crippen LogP contribution in [0.15, 0.2) is 59.4 Å². The van der Waals surface area contributed by atoms with E-state index in [0.717, 1.165) is 0 Å². The zero-order valence-corrected chi connectivity index (χ0v) is 17.5. The van der Waals surface area contributed by atoms with Crippen molar-refractivity contribution in [1.82, 2.24) is 9.36 Å². The van der Waals surface area contributed by atoms with Gasteiger partial charge in [0.25, 0.3) is 11.5 Å². The van der Waals surface area contributed by atoms with Crippen molar-refractivity contribution in [3.05, 3.63) is 76.2 Å². The maximum Gasteiger partial charge on any atom is 0.295 e. The summed E-state index contributed by atoms with van der Waals surface area (Å²) in [6, 6.07) is 15.9. The molecule has 3 rings (SSSR count). The largest absolute Gasteiger partial charge is 0.481 e. The lowest BCUT2D eigenvalue weighted by Gasteiger charge is -2.14. The maximum absolute atomic E-state index is 12.9. The van der Waals surface area contributed by atoms with Gasteiger partial charge in [-0.15, -0.1) is 0 Å². The van der Waals surface area contributed by atoms with Crippen LogP contribution in [0.5, 0.6) is 5.75 Å². The van der Waals surface area contributed by atoms with Crippen molar-refractivity contribution in [3.63, 3.8) is 0 Å². The van der Waals surface area contributed by atoms with E-state index in [2.05, 4.69) is 5.32 Å². The van der Waals surface area contributed by atoms with E-state index < -0.39 is 12.0 Å². The number of carbonyl (C=O) groups is 2. The Morgan fingerprint density at radius 2 is 1.70 bits per heavy atom. The summed E-state index contributed by atoms with van der Waals surface area (Å²) in [6.45, 7) is 5.18. The number of amides is 1. The summed E-state index contributed by atoms with van der Waals surface area (Å²) >= 11 is 0. The van der Waals surface area contributed by atoms with E-state index in [4.69, 9.17) is 4.74 Å². The Labute approximate surface area is 174 Å². The monoisotopic (exact) mass is 407 g/mol. The number of ketones is 1. The number of anilines is 1. The highest BCUT2D eigenvalue weighted by atomic mass is 16.5. The number of benzene rings is 2. The van der Waals surface area contributed by atoms with E-state index in [0.29, 0.717) is 29.1 Å². The van der Waals surface area contributed by atoms with Crippen LogP contribution in [-0.2, 0) is 11.8 Å². The van der Waals surface area contributed by atoms with E-state index in [9.17, 15) is 14.4 Å². The Balaban J connectivity index is 1.76. The Morgan fingerprint density at radius 3 is 2.30 bits per heavy atom. The van der Waals surface area contributed by atoms with Gasteiger partial charge >= 0.3 is 0 Å². The van der Waals surface area contributed by atoms with Crippen LogP contribution in [0, 0.1) is 6.92 Å². The number of para-hydroxylation sites is 1. The Morgan fingerprint density at radius 1 is 1.07 bits per heavy atom. The molecule has 0 bridgehead atoms. The number of nitrogens with zero attached hydrogens (tertiary/aromatic N) is 2. The Hall–Kier alpha value is -3.61. The number of aromatic nitrogens is 2. The first-order valence-electron chi connectivity index (χ1n) is 9.78. The molecule has 156 valence electrons. The lowest BCUT2D eigenvalue weighted by molar-refractivity contribution is -0.122. The zero-order chi connectivity index (χ0) is 21.8. The minimum atomic E-state index is -0.832. The first kappa shape index (κ1) is 21.1. The predicted molar refractivity (Wildman–Crippen MR) is 116 cm³/mol. The van der Waals surface area contributed by atoms with Crippen molar-refractivity contribution in [1.29, 1.82) is 0 Å². The molecule has 0 aliphatic rings. The molecular formula is C23H25N3O4. The van der Waals surface area contributed by atoms with Gasteiger partial charge in [0.15, 0.2) is 11.9 Å². The van der Waals surface area contributed by atoms with Crippen LogP contribution in [0.25, 0.3) is 5.69 Å². The molecule has 1 aromatic heterocycles. The van der Waals surface area contributed by atoms with Crippen LogP contribution in [0.1, 0.15) is 36.3 Å². The molecule has 0 aliphatic carbocycles. The third-order valence-corrected chi connectivity index (χ3v) is 4.98. The molecule has 3 aromatic rings. The van der Waals surface area contributed by atoms with Gasteiger partial charge in [-0.05, 0) is 50.2 Å². The van der Waals surface area contributed by atoms with Crippen LogP contribution in [-0.4, -0.2) is 27.2 Å². The molecule has 1 atom stereocenters. The molecule has 7 heteroatoms. The third kappa shape index (κ3) is 4.20. The number of carbonyl (C=O) groups excluding carboxylic acids is 2. The number of nitrogens with one attached hydrogen (secondary N) is 1. The first-order chi connectivity index (χ1) is 14.3. The molecule has 0 radical (unpaired) electrons. The fourth-order valence-electron chi connectivity index (χ4n) is 3.12. The van der Waals surface area contributed by atoms with Crippen molar-refractivity contribution < 1.29 is 14.3 Å². The van der Waals surface area contributed by atoms with Gasteiger partial charge in [-0.3, -0.25) is 19.1 Å². The zero-order valence-electron chi connectivity index (χ0n) is 17.5. The van der Waals surface area contributed by atoms with E-state index in [1.807, 2.05) is 30.3 Å². The van der Waals surface area contributed by atoms with Gasteiger partial charge in [-0.25, -0.2) is 4.68 Å². The van der Waals surface area contributed by atoms with Crippen LogP contribution in [0.2, 0.25) is 0 Å². The van der Waals surface area contributed by atoms with Gasteiger partial charge in [-0.2, -0.15) is 0 Å². The Bertz CT molecular complexity index is 1110. The second-order valence-corrected chi connectivity index (χ2v) is 6.99. The summed E-state index contributed by atoms with van der Waals surface area (Å²) in [5.74, 6) is 0.0769. The summed E-state index contributed by atoms with van der Waals surface area (Å²) in [5, 5.41) is 2.70. The average molecular weight is 407 g/mol. The van der Waals surface area contributed by atoms with Crippen molar-refractivity contribution in [3.8, 4) is 11.4 Å². The van der Waals surface area contributed by atoms with E-state index >= 15 is 0 Å². The minimum absolute atomic E-state index is 0.0431. The van der Waals surface area contributed by atoms with E-state index in [-0.39, 0.29) is 17.0 Å². The lowest BCUT2D eigenvalue weighted by atomic mass is 10.1. The van der Waals surface area contributed by atoms with Gasteiger partial charge in [0, 0.05) is 19.0 Å². The van der Waals surface area contributed by atoms with Crippen LogP contribution >= 0.6 is 0 Å². The second kappa shape index (κ2) is 8.82. The molecule has 0 unspecified atom stereocenters. The van der Waals surface area contributed by atoms with Gasteiger partial charge in [-0.1, -0.05) is 25.1 Å². The van der Waals surface area contributed by atoms with Crippen molar-refractivity contribution in [2.24, 2.45) is 7.05 Å². The van der Waals surface area contributed by atoms with Crippen LogP contribution < -0.4 is 15.6 Å². The van der Waals surface area contributed by atoms with Gasteiger partial charge < -0.3 is 10.1 Å². The molecular weight excluding hydrogens is 382 g/mol. The van der Waals surface area contributed by atoms with Crippen LogP contribution in [0.3, 0.4) is 0 Å². The predicted octanol–water partition coefficient (Wildman–Crippen LogP) is 3.48. The van der Waals surface area contributed by atoms with Gasteiger partial charge in [0.2, 0.25) is 0 Å². The molecule has 2 aromatic carbocycles. The fourth-order valence-corrected chi connectivity index (χ4v) is 3.12. The number of rotatable bonds is 7. The summed E-state index contributed by atoms with van der Waals surface area (Å²) in [7, 11) is 1.76. The van der Waals surface area contributed by atoms with E-state index in [1.165, 1.54) is 4.68 Å². The molecule has 0 spiro atoms. The van der Waals surface area contributed by atoms with E-state index in [1.54, 1.807) is 56.8 Å². The number of hydrogen-bond acceptors (Lipinski definition) is 4. The lowest BCUT2D eigenvalue weighted by Crippen LogP contribution is -2.32. The summed E-state index contributed by atoms with van der Waals surface area (Å²) in [6.07, 6.45) is -0.405. The smallest absolute Gasteiger partial charge is 0.295 e. The summed E-state index contributed by atoms with van der Waals surface area (Å²) in [5.41, 5.74) is 1.84. The second-order valence-electron chi connectivity index (χ2n) is 6.99. The van der Waals surface area contributed by atoms with Gasteiger partial charge in [0.05, 0.1) is 11.4 Å². The molecule has 0 aliphatic heterocycles. The third-order valence-electron chi connectivity index (χ3n) is 4.98. The first-order valence-corrected chi connectivity index (χ1v) is 9.78. The van der Waals surface area contributed by atoms with Crippen LogP contribution in [0.4, 0.5) is 5.69 Å². The summed E-state index contributed by atoms with van der Waals surface area (Å²) < 4.78 is 8.88. The maximum atomic E-state index is 12.9. The molecule has 1 heterocycles. The highest BCUT2D eigenvalue weighted by Gasteiger charge is 2.22. The highest BCUT2D eigenvalue weighted by molar-refractivity contribution is 5.96. The summed E-state index contributed by atoms with van der Waals surface area (Å²) in [4.78, 5) is 37.3. The molecule has 0 fully saturated rings. The topological polar surface area (TPSA) is 82.3 Å². The Kier molecular flexibility index (Phi) is 6.20. The standard InChI is InChI=1S/C23H25N3O4/c1-5-20(27)17-11-13-19(14-12-17)30-16(3)22(28)24-21-15(2)25(4)26(23(21)29)18-9-7-6-8-10-18/h6-14,16H,5H2,1-4H3,(H,24,28)/t16-/m1/s1. The molecule has 1 N–H and O–H groups in total. The fraction of sp³-hybridized carbons (Fsp3) is 0.261. The molecule has 30 heavy (non-hydrogen) atoms. The normalized spacial score (nSPS) is 11.7. The van der Waals surface area contributed by atoms with Crippen molar-refractivity contribution in [2.75, 3.05) is 5.32 Å².